The SMILES string of the molecule is CO[C@]1(C(=O)Nc2ccc(OCC(C)C)cc2)CCC[C@H](C)C1. The summed E-state index contributed by atoms with van der Waals surface area (Å²) in [5.41, 5.74) is 0.0892. The number of carbonyl (C=O) groups excluding carboxylic acids is 1. The third-order valence-electron chi connectivity index (χ3n) is 4.46. The van der Waals surface area contributed by atoms with Crippen LogP contribution in [-0.2, 0) is 9.53 Å². The zero-order valence-electron chi connectivity index (χ0n) is 14.7. The van der Waals surface area contributed by atoms with Crippen LogP contribution >= 0.6 is 0 Å². The predicted molar refractivity (Wildman–Crippen MR) is 92.8 cm³/mol. The van der Waals surface area contributed by atoms with Crippen molar-refractivity contribution in [2.24, 2.45) is 11.8 Å². The minimum Gasteiger partial charge on any atom is -0.493 e. The van der Waals surface area contributed by atoms with E-state index in [0.29, 0.717) is 18.4 Å². The molecular formula is C19H29NO3. The maximum Gasteiger partial charge on any atom is 0.256 e. The molecule has 1 amide bonds. The van der Waals surface area contributed by atoms with Crippen LogP contribution in [0.3, 0.4) is 0 Å². The number of amides is 1. The molecule has 1 saturated carbocycles. The number of hydrogen-bond acceptors (Lipinski definition) is 3. The van der Waals surface area contributed by atoms with Gasteiger partial charge in [0.1, 0.15) is 11.4 Å². The largest absolute Gasteiger partial charge is 0.493 e. The summed E-state index contributed by atoms with van der Waals surface area (Å²) in [5.74, 6) is 1.79. The van der Waals surface area contributed by atoms with Gasteiger partial charge in [-0.1, -0.05) is 27.2 Å². The van der Waals surface area contributed by atoms with E-state index in [4.69, 9.17) is 9.47 Å². The van der Waals surface area contributed by atoms with Crippen LogP contribution in [0.2, 0.25) is 0 Å². The maximum atomic E-state index is 12.7. The van der Waals surface area contributed by atoms with Crippen molar-refractivity contribution in [2.45, 2.75) is 52.1 Å². The predicted octanol–water partition coefficient (Wildman–Crippen LogP) is 4.26. The van der Waals surface area contributed by atoms with Gasteiger partial charge in [0.05, 0.1) is 6.61 Å². The molecule has 23 heavy (non-hydrogen) atoms. The Kier molecular flexibility index (Phi) is 6.05. The molecule has 1 fully saturated rings. The van der Waals surface area contributed by atoms with Gasteiger partial charge in [0.2, 0.25) is 0 Å². The Bertz CT molecular complexity index is 512. The number of anilines is 1. The fourth-order valence-corrected chi connectivity index (χ4v) is 3.13. The topological polar surface area (TPSA) is 47.6 Å². The van der Waals surface area contributed by atoms with Crippen LogP contribution in [-0.4, -0.2) is 25.2 Å². The first-order valence-corrected chi connectivity index (χ1v) is 8.54. The summed E-state index contributed by atoms with van der Waals surface area (Å²) in [6, 6.07) is 7.54. The van der Waals surface area contributed by atoms with Crippen molar-refractivity contribution in [1.29, 1.82) is 0 Å². The molecule has 0 saturated heterocycles. The molecule has 2 atom stereocenters. The highest BCUT2D eigenvalue weighted by Gasteiger charge is 2.41. The van der Waals surface area contributed by atoms with Crippen LogP contribution in [0.15, 0.2) is 24.3 Å². The summed E-state index contributed by atoms with van der Waals surface area (Å²) in [4.78, 5) is 12.7. The summed E-state index contributed by atoms with van der Waals surface area (Å²) in [7, 11) is 1.64. The Balaban J connectivity index is 1.98. The quantitative estimate of drug-likeness (QED) is 0.852. The van der Waals surface area contributed by atoms with Gasteiger partial charge >= 0.3 is 0 Å². The maximum absolute atomic E-state index is 12.7. The molecule has 0 bridgehead atoms. The third-order valence-corrected chi connectivity index (χ3v) is 4.46. The number of methoxy groups -OCH3 is 1. The Morgan fingerprint density at radius 2 is 2.04 bits per heavy atom. The van der Waals surface area contributed by atoms with E-state index >= 15 is 0 Å². The molecule has 0 aromatic heterocycles. The Labute approximate surface area is 139 Å². The molecule has 1 N–H and O–H groups in total. The summed E-state index contributed by atoms with van der Waals surface area (Å²) in [6.07, 6.45) is 3.77. The number of benzene rings is 1. The van der Waals surface area contributed by atoms with Crippen LogP contribution in [0.4, 0.5) is 5.69 Å². The van der Waals surface area contributed by atoms with E-state index in [1.54, 1.807) is 7.11 Å². The van der Waals surface area contributed by atoms with Crippen molar-refractivity contribution in [1.82, 2.24) is 0 Å². The van der Waals surface area contributed by atoms with E-state index in [0.717, 1.165) is 30.7 Å². The van der Waals surface area contributed by atoms with Gasteiger partial charge in [0.25, 0.3) is 5.91 Å². The van der Waals surface area contributed by atoms with E-state index in [-0.39, 0.29) is 5.91 Å². The Hall–Kier alpha value is -1.55. The van der Waals surface area contributed by atoms with E-state index in [2.05, 4.69) is 26.1 Å². The normalized spacial score (nSPS) is 24.5. The average Bonchev–Trinajstić information content (AvgIpc) is 2.54. The van der Waals surface area contributed by atoms with Crippen molar-refractivity contribution in [3.8, 4) is 5.75 Å². The van der Waals surface area contributed by atoms with Crippen LogP contribution in [0, 0.1) is 11.8 Å². The minimum absolute atomic E-state index is 0.0394. The van der Waals surface area contributed by atoms with Crippen molar-refractivity contribution >= 4 is 11.6 Å². The highest BCUT2D eigenvalue weighted by Crippen LogP contribution is 2.35. The molecule has 128 valence electrons. The lowest BCUT2D eigenvalue weighted by atomic mass is 9.78. The Morgan fingerprint density at radius 3 is 2.61 bits per heavy atom. The third kappa shape index (κ3) is 4.71. The molecule has 1 aliphatic carbocycles. The number of hydrogen-bond donors (Lipinski definition) is 1. The van der Waals surface area contributed by atoms with Gasteiger partial charge < -0.3 is 14.8 Å². The van der Waals surface area contributed by atoms with Crippen molar-refractivity contribution in [3.63, 3.8) is 0 Å². The van der Waals surface area contributed by atoms with Crippen molar-refractivity contribution in [2.75, 3.05) is 19.0 Å². The van der Waals surface area contributed by atoms with Gasteiger partial charge in [-0.15, -0.1) is 0 Å². The summed E-state index contributed by atoms with van der Waals surface area (Å²) >= 11 is 0. The standard InChI is InChI=1S/C19H29NO3/c1-14(2)13-23-17-9-7-16(8-10-17)20-18(21)19(22-4)11-5-6-15(3)12-19/h7-10,14-15H,5-6,11-13H2,1-4H3,(H,20,21)/t15-,19+/m0/s1. The molecule has 0 spiro atoms. The highest BCUT2D eigenvalue weighted by atomic mass is 16.5. The molecule has 0 heterocycles. The molecular weight excluding hydrogens is 290 g/mol. The van der Waals surface area contributed by atoms with Gasteiger partial charge in [-0.05, 0) is 55.4 Å². The fourth-order valence-electron chi connectivity index (χ4n) is 3.13. The first kappa shape index (κ1) is 17.8. The molecule has 1 aliphatic rings. The zero-order chi connectivity index (χ0) is 16.9. The van der Waals surface area contributed by atoms with E-state index in [9.17, 15) is 4.79 Å². The molecule has 0 radical (unpaired) electrons. The minimum atomic E-state index is -0.690. The van der Waals surface area contributed by atoms with E-state index < -0.39 is 5.60 Å². The van der Waals surface area contributed by atoms with Gasteiger partial charge in [-0.2, -0.15) is 0 Å². The average molecular weight is 319 g/mol. The van der Waals surface area contributed by atoms with E-state index in [1.807, 2.05) is 24.3 Å². The zero-order valence-corrected chi connectivity index (χ0v) is 14.7. The van der Waals surface area contributed by atoms with Crippen LogP contribution < -0.4 is 10.1 Å². The highest BCUT2D eigenvalue weighted by molar-refractivity contribution is 5.97. The van der Waals surface area contributed by atoms with Crippen LogP contribution in [0.5, 0.6) is 5.75 Å². The number of nitrogens with one attached hydrogen (secondary N) is 1. The first-order chi connectivity index (χ1) is 10.9. The monoisotopic (exact) mass is 319 g/mol. The summed E-state index contributed by atoms with van der Waals surface area (Å²) in [6.45, 7) is 7.10. The van der Waals surface area contributed by atoms with Gasteiger partial charge in [-0.3, -0.25) is 4.79 Å². The number of ether oxygens (including phenoxy) is 2. The van der Waals surface area contributed by atoms with Crippen molar-refractivity contribution in [3.05, 3.63) is 24.3 Å². The second-order valence-corrected chi connectivity index (χ2v) is 7.08. The van der Waals surface area contributed by atoms with Gasteiger partial charge in [0, 0.05) is 12.8 Å². The molecule has 2 rings (SSSR count). The smallest absolute Gasteiger partial charge is 0.256 e. The fraction of sp³-hybridized carbons (Fsp3) is 0.632. The lowest BCUT2D eigenvalue weighted by Gasteiger charge is -2.37. The molecule has 1 aromatic carbocycles. The lowest BCUT2D eigenvalue weighted by Crippen LogP contribution is -2.47. The summed E-state index contributed by atoms with van der Waals surface area (Å²) < 4.78 is 11.3. The first-order valence-electron chi connectivity index (χ1n) is 8.54. The molecule has 4 heteroatoms. The van der Waals surface area contributed by atoms with Gasteiger partial charge in [0.15, 0.2) is 0 Å². The second kappa shape index (κ2) is 7.82. The number of rotatable bonds is 6. The molecule has 4 nitrogen and oxygen atoms in total. The molecule has 0 unspecified atom stereocenters. The number of carbonyl (C=O) groups is 1. The van der Waals surface area contributed by atoms with Crippen molar-refractivity contribution < 1.29 is 14.3 Å². The summed E-state index contributed by atoms with van der Waals surface area (Å²) in [5, 5.41) is 3.00. The Morgan fingerprint density at radius 1 is 1.35 bits per heavy atom. The lowest BCUT2D eigenvalue weighted by molar-refractivity contribution is -0.143. The van der Waals surface area contributed by atoms with Gasteiger partial charge in [-0.25, -0.2) is 0 Å². The molecule has 0 aliphatic heterocycles. The van der Waals surface area contributed by atoms with Crippen LogP contribution in [0.25, 0.3) is 0 Å². The second-order valence-electron chi connectivity index (χ2n) is 7.08. The van der Waals surface area contributed by atoms with Crippen LogP contribution in [0.1, 0.15) is 46.5 Å². The molecule has 1 aromatic rings. The van der Waals surface area contributed by atoms with E-state index in [1.165, 1.54) is 6.42 Å².